The number of benzene rings is 1. The molecule has 1 saturated heterocycles. The van der Waals surface area contributed by atoms with Crippen LogP contribution in [0.25, 0.3) is 0 Å². The van der Waals surface area contributed by atoms with E-state index in [4.69, 9.17) is 16.3 Å². The molecular formula is C16H21ClN2O2. The van der Waals surface area contributed by atoms with Gasteiger partial charge in [-0.2, -0.15) is 0 Å². The topological polar surface area (TPSA) is 41.6 Å². The van der Waals surface area contributed by atoms with Crippen LogP contribution in [0.3, 0.4) is 0 Å². The molecule has 0 aromatic heterocycles. The molecule has 1 amide bonds. The zero-order valence-corrected chi connectivity index (χ0v) is 12.8. The Hall–Kier alpha value is -1.10. The quantitative estimate of drug-likeness (QED) is 0.927. The van der Waals surface area contributed by atoms with E-state index in [9.17, 15) is 4.79 Å². The van der Waals surface area contributed by atoms with E-state index < -0.39 is 0 Å². The van der Waals surface area contributed by atoms with Gasteiger partial charge in [-0.1, -0.05) is 23.7 Å². The van der Waals surface area contributed by atoms with E-state index in [1.165, 1.54) is 6.42 Å². The predicted octanol–water partition coefficient (Wildman–Crippen LogP) is 2.21. The van der Waals surface area contributed by atoms with Crippen molar-refractivity contribution in [3.63, 3.8) is 0 Å². The Morgan fingerprint density at radius 3 is 2.95 bits per heavy atom. The molecule has 1 aliphatic carbocycles. The highest BCUT2D eigenvalue weighted by Gasteiger charge is 2.36. The number of nitrogens with one attached hydrogen (secondary N) is 1. The zero-order valence-electron chi connectivity index (χ0n) is 12.1. The molecule has 2 atom stereocenters. The largest absolute Gasteiger partial charge is 0.375 e. The highest BCUT2D eigenvalue weighted by molar-refractivity contribution is 6.30. The monoisotopic (exact) mass is 308 g/mol. The molecule has 0 bridgehead atoms. The molecule has 4 nitrogen and oxygen atoms in total. The van der Waals surface area contributed by atoms with Crippen molar-refractivity contribution in [1.82, 2.24) is 10.2 Å². The number of hydrogen-bond donors (Lipinski definition) is 1. The Morgan fingerprint density at radius 1 is 1.33 bits per heavy atom. The third kappa shape index (κ3) is 3.76. The molecule has 1 aliphatic heterocycles. The molecule has 2 aliphatic rings. The van der Waals surface area contributed by atoms with Crippen LogP contribution in [-0.4, -0.2) is 42.6 Å². The van der Waals surface area contributed by atoms with E-state index in [1.54, 1.807) is 0 Å². The molecule has 0 radical (unpaired) electrons. The van der Waals surface area contributed by atoms with Gasteiger partial charge in [0.25, 0.3) is 0 Å². The van der Waals surface area contributed by atoms with Crippen molar-refractivity contribution in [2.75, 3.05) is 19.7 Å². The van der Waals surface area contributed by atoms with Crippen LogP contribution in [0, 0.1) is 0 Å². The summed E-state index contributed by atoms with van der Waals surface area (Å²) in [6, 6.07) is 7.98. The molecule has 1 saturated carbocycles. The normalized spacial score (nSPS) is 25.6. The number of morpholine rings is 1. The zero-order chi connectivity index (χ0) is 14.7. The lowest BCUT2D eigenvalue weighted by atomic mass is 10.1. The summed E-state index contributed by atoms with van der Waals surface area (Å²) in [5, 5.41) is 3.69. The van der Waals surface area contributed by atoms with Gasteiger partial charge in [-0.3, -0.25) is 9.69 Å². The number of amides is 1. The average molecular weight is 309 g/mol. The van der Waals surface area contributed by atoms with Crippen LogP contribution in [0.4, 0.5) is 0 Å². The van der Waals surface area contributed by atoms with Gasteiger partial charge < -0.3 is 10.1 Å². The minimum absolute atomic E-state index is 0.0810. The summed E-state index contributed by atoms with van der Waals surface area (Å²) in [4.78, 5) is 14.4. The lowest BCUT2D eigenvalue weighted by Crippen LogP contribution is -2.51. The van der Waals surface area contributed by atoms with E-state index >= 15 is 0 Å². The molecule has 2 fully saturated rings. The van der Waals surface area contributed by atoms with Gasteiger partial charge in [0.15, 0.2) is 0 Å². The summed E-state index contributed by atoms with van der Waals surface area (Å²) in [5.74, 6) is 0.0810. The number of carbonyl (C=O) groups excluding carboxylic acids is 1. The maximum absolute atomic E-state index is 12.1. The lowest BCUT2D eigenvalue weighted by molar-refractivity contribution is -0.126. The van der Waals surface area contributed by atoms with Gasteiger partial charge in [0.05, 0.1) is 19.3 Å². The van der Waals surface area contributed by atoms with Gasteiger partial charge in [0.2, 0.25) is 5.91 Å². The first-order valence-corrected chi connectivity index (χ1v) is 7.97. The summed E-state index contributed by atoms with van der Waals surface area (Å²) in [6.07, 6.45) is 3.82. The molecule has 1 aromatic carbocycles. The number of ether oxygens (including phenoxy) is 1. The molecule has 5 heteroatoms. The molecule has 1 N–H and O–H groups in total. The molecule has 1 heterocycles. The van der Waals surface area contributed by atoms with E-state index in [1.807, 2.05) is 24.3 Å². The van der Waals surface area contributed by atoms with Gasteiger partial charge in [-0.15, -0.1) is 0 Å². The maximum atomic E-state index is 12.1. The highest BCUT2D eigenvalue weighted by atomic mass is 35.5. The number of nitrogens with zero attached hydrogens (tertiary/aromatic N) is 1. The Labute approximate surface area is 130 Å². The van der Waals surface area contributed by atoms with Crippen molar-refractivity contribution in [2.24, 2.45) is 0 Å². The van der Waals surface area contributed by atoms with Gasteiger partial charge in [-0.25, -0.2) is 0 Å². The number of carbonyl (C=O) groups is 1. The Kier molecular flexibility index (Phi) is 4.78. The van der Waals surface area contributed by atoms with Crippen molar-refractivity contribution in [1.29, 1.82) is 0 Å². The Bertz CT molecular complexity index is 492. The fourth-order valence-electron chi connectivity index (χ4n) is 3.25. The summed E-state index contributed by atoms with van der Waals surface area (Å²) in [6.45, 7) is 2.62. The van der Waals surface area contributed by atoms with Crippen LogP contribution in [0.1, 0.15) is 24.8 Å². The molecule has 3 rings (SSSR count). The van der Waals surface area contributed by atoms with E-state index in [2.05, 4.69) is 10.2 Å². The Balaban J connectivity index is 1.48. The van der Waals surface area contributed by atoms with Gasteiger partial charge in [-0.05, 0) is 37.0 Å². The van der Waals surface area contributed by atoms with Crippen molar-refractivity contribution in [3.05, 3.63) is 34.9 Å². The van der Waals surface area contributed by atoms with Gasteiger partial charge in [0.1, 0.15) is 0 Å². The molecular weight excluding hydrogens is 288 g/mol. The van der Waals surface area contributed by atoms with Crippen molar-refractivity contribution >= 4 is 17.5 Å². The average Bonchev–Trinajstić information content (AvgIpc) is 2.96. The van der Waals surface area contributed by atoms with Crippen LogP contribution in [0.5, 0.6) is 0 Å². The SMILES string of the molecule is O=C(CN1CCO[C@@H]2CCC[C@H]21)NCc1ccc(Cl)cc1. The first-order chi connectivity index (χ1) is 10.2. The Morgan fingerprint density at radius 2 is 2.14 bits per heavy atom. The second-order valence-electron chi connectivity index (χ2n) is 5.78. The van der Waals surface area contributed by atoms with Gasteiger partial charge >= 0.3 is 0 Å². The van der Waals surface area contributed by atoms with Crippen LogP contribution in [-0.2, 0) is 16.1 Å². The van der Waals surface area contributed by atoms with Crippen LogP contribution < -0.4 is 5.32 Å². The highest BCUT2D eigenvalue weighted by Crippen LogP contribution is 2.29. The van der Waals surface area contributed by atoms with E-state index in [0.717, 1.165) is 31.6 Å². The van der Waals surface area contributed by atoms with Crippen molar-refractivity contribution < 1.29 is 9.53 Å². The van der Waals surface area contributed by atoms with Gasteiger partial charge in [0, 0.05) is 24.2 Å². The summed E-state index contributed by atoms with van der Waals surface area (Å²) >= 11 is 5.85. The van der Waals surface area contributed by atoms with Crippen LogP contribution in [0.15, 0.2) is 24.3 Å². The van der Waals surface area contributed by atoms with Crippen LogP contribution >= 0.6 is 11.6 Å². The second kappa shape index (κ2) is 6.77. The summed E-state index contributed by atoms with van der Waals surface area (Å²) in [7, 11) is 0. The standard InChI is InChI=1S/C16H21ClN2O2/c17-13-6-4-12(5-7-13)10-18-16(20)11-19-8-9-21-15-3-1-2-14(15)19/h4-7,14-15H,1-3,8-11H2,(H,18,20)/t14-,15-/m1/s1. The summed E-state index contributed by atoms with van der Waals surface area (Å²) < 4.78 is 5.77. The third-order valence-corrected chi connectivity index (χ3v) is 4.60. The summed E-state index contributed by atoms with van der Waals surface area (Å²) in [5.41, 5.74) is 1.06. The maximum Gasteiger partial charge on any atom is 0.234 e. The molecule has 114 valence electrons. The number of hydrogen-bond acceptors (Lipinski definition) is 3. The smallest absolute Gasteiger partial charge is 0.234 e. The van der Waals surface area contributed by atoms with E-state index in [-0.39, 0.29) is 5.91 Å². The van der Waals surface area contributed by atoms with Crippen molar-refractivity contribution in [3.8, 4) is 0 Å². The first kappa shape index (κ1) is 14.8. The minimum Gasteiger partial charge on any atom is -0.375 e. The fourth-order valence-corrected chi connectivity index (χ4v) is 3.37. The molecule has 0 spiro atoms. The predicted molar refractivity (Wildman–Crippen MR) is 82.3 cm³/mol. The number of fused-ring (bicyclic) bond motifs is 1. The lowest BCUT2D eigenvalue weighted by Gasteiger charge is -2.37. The molecule has 0 unspecified atom stereocenters. The first-order valence-electron chi connectivity index (χ1n) is 7.59. The fraction of sp³-hybridized carbons (Fsp3) is 0.562. The number of halogens is 1. The van der Waals surface area contributed by atoms with E-state index in [0.29, 0.717) is 30.3 Å². The number of rotatable bonds is 4. The minimum atomic E-state index is 0.0810. The van der Waals surface area contributed by atoms with Crippen LogP contribution in [0.2, 0.25) is 5.02 Å². The molecule has 1 aromatic rings. The molecule has 21 heavy (non-hydrogen) atoms. The second-order valence-corrected chi connectivity index (χ2v) is 6.22. The van der Waals surface area contributed by atoms with Crippen molar-refractivity contribution in [2.45, 2.75) is 38.0 Å². The third-order valence-electron chi connectivity index (χ3n) is 4.35.